The summed E-state index contributed by atoms with van der Waals surface area (Å²) in [6.45, 7) is 13.7. The molecule has 0 aliphatic rings. The number of benzene rings is 2. The molecule has 2 heterocycles. The topological polar surface area (TPSA) is 47.8 Å². The minimum atomic E-state index is 0.105. The lowest BCUT2D eigenvalue weighted by Crippen LogP contribution is -2.22. The standard InChI is InChI=1S/C25H30BN3OS/c1-15(13-14-26(5)6)18(4)29-25(30)20-11-8-10-19(24(20)31-29)23-17(3)27-21-12-7-9-16(2)22(21)28-23/h7-12,15,18H,13-14H2,1-6H3. The van der Waals surface area contributed by atoms with Crippen LogP contribution in [-0.4, -0.2) is 20.6 Å². The zero-order valence-electron chi connectivity index (χ0n) is 19.3. The molecule has 2 aromatic heterocycles. The van der Waals surface area contributed by atoms with E-state index < -0.39 is 0 Å². The number of aromatic nitrogens is 3. The Morgan fingerprint density at radius 1 is 1.06 bits per heavy atom. The molecular weight excluding hydrogens is 401 g/mol. The molecule has 6 heteroatoms. The van der Waals surface area contributed by atoms with E-state index in [4.69, 9.17) is 9.97 Å². The predicted molar refractivity (Wildman–Crippen MR) is 135 cm³/mol. The molecule has 0 fully saturated rings. The van der Waals surface area contributed by atoms with Crippen LogP contribution in [0.4, 0.5) is 0 Å². The fraction of sp³-hybridized carbons (Fsp3) is 0.400. The molecule has 0 N–H and O–H groups in total. The number of hydrogen-bond donors (Lipinski definition) is 0. The smallest absolute Gasteiger partial charge is 0.268 e. The summed E-state index contributed by atoms with van der Waals surface area (Å²) in [7, 11) is 0. The van der Waals surface area contributed by atoms with Gasteiger partial charge in [0.2, 0.25) is 0 Å². The number of para-hydroxylation sites is 1. The van der Waals surface area contributed by atoms with Crippen LogP contribution in [-0.2, 0) is 0 Å². The molecule has 0 bridgehead atoms. The number of rotatable bonds is 6. The third-order valence-electron chi connectivity index (χ3n) is 6.35. The second kappa shape index (κ2) is 8.58. The third-order valence-corrected chi connectivity index (χ3v) is 7.67. The zero-order valence-corrected chi connectivity index (χ0v) is 20.1. The van der Waals surface area contributed by atoms with Crippen molar-refractivity contribution in [2.75, 3.05) is 0 Å². The van der Waals surface area contributed by atoms with Gasteiger partial charge < -0.3 is 0 Å². The van der Waals surface area contributed by atoms with Gasteiger partial charge >= 0.3 is 0 Å². The highest BCUT2D eigenvalue weighted by Crippen LogP contribution is 2.34. The van der Waals surface area contributed by atoms with Gasteiger partial charge in [0, 0.05) is 11.6 Å². The maximum atomic E-state index is 13.3. The lowest BCUT2D eigenvalue weighted by atomic mass is 9.51. The van der Waals surface area contributed by atoms with Crippen LogP contribution in [0.15, 0.2) is 41.2 Å². The van der Waals surface area contributed by atoms with Crippen molar-refractivity contribution in [1.82, 2.24) is 13.9 Å². The second-order valence-corrected chi connectivity index (χ2v) is 10.2. The first-order chi connectivity index (χ1) is 14.8. The van der Waals surface area contributed by atoms with E-state index in [0.717, 1.165) is 50.1 Å². The molecule has 31 heavy (non-hydrogen) atoms. The largest absolute Gasteiger partial charge is 0.268 e. The lowest BCUT2D eigenvalue weighted by Gasteiger charge is -2.20. The Labute approximate surface area is 188 Å². The fourth-order valence-corrected chi connectivity index (χ4v) is 5.41. The molecule has 160 valence electrons. The average Bonchev–Trinajstić information content (AvgIpc) is 3.08. The number of nitrogens with zero attached hydrogens (tertiary/aromatic N) is 3. The van der Waals surface area contributed by atoms with Gasteiger partial charge in [-0.15, -0.1) is 0 Å². The van der Waals surface area contributed by atoms with E-state index in [1.165, 1.54) is 6.32 Å². The van der Waals surface area contributed by atoms with E-state index >= 15 is 0 Å². The highest BCUT2D eigenvalue weighted by molar-refractivity contribution is 7.14. The third kappa shape index (κ3) is 4.06. The molecule has 2 aromatic carbocycles. The molecule has 2 atom stereocenters. The van der Waals surface area contributed by atoms with Crippen LogP contribution in [0.1, 0.15) is 37.6 Å². The van der Waals surface area contributed by atoms with Crippen LogP contribution in [0.3, 0.4) is 0 Å². The predicted octanol–water partition coefficient (Wildman–Crippen LogP) is 6.63. The zero-order chi connectivity index (χ0) is 22.3. The number of hydrogen-bond acceptors (Lipinski definition) is 4. The molecule has 0 spiro atoms. The minimum Gasteiger partial charge on any atom is -0.268 e. The molecule has 4 rings (SSSR count). The quantitative estimate of drug-likeness (QED) is 0.322. The van der Waals surface area contributed by atoms with Crippen LogP contribution in [0.2, 0.25) is 20.0 Å². The van der Waals surface area contributed by atoms with Crippen molar-refractivity contribution in [3.63, 3.8) is 0 Å². The molecular formula is C25H30BN3OS. The van der Waals surface area contributed by atoms with Crippen LogP contribution in [0.25, 0.3) is 32.4 Å². The molecule has 4 aromatic rings. The summed E-state index contributed by atoms with van der Waals surface area (Å²) in [6.07, 6.45) is 2.31. The Morgan fingerprint density at radius 2 is 1.81 bits per heavy atom. The van der Waals surface area contributed by atoms with Crippen molar-refractivity contribution in [1.29, 1.82) is 0 Å². The Kier molecular flexibility index (Phi) is 6.02. The SMILES string of the molecule is CB(C)CCC(C)C(C)n1sc2c(-c3nc4c(C)cccc4nc3C)cccc2c1=O. The van der Waals surface area contributed by atoms with Gasteiger partial charge in [-0.3, -0.25) is 8.75 Å². The van der Waals surface area contributed by atoms with Gasteiger partial charge in [-0.2, -0.15) is 0 Å². The van der Waals surface area contributed by atoms with Gasteiger partial charge in [0.25, 0.3) is 5.56 Å². The van der Waals surface area contributed by atoms with Crippen molar-refractivity contribution in [2.45, 2.75) is 60.1 Å². The van der Waals surface area contributed by atoms with Gasteiger partial charge in [0.1, 0.15) is 6.71 Å². The minimum absolute atomic E-state index is 0.105. The fourth-order valence-electron chi connectivity index (χ4n) is 4.15. The maximum absolute atomic E-state index is 13.3. The Bertz CT molecular complexity index is 1310. The number of aryl methyl sites for hydroxylation is 2. The van der Waals surface area contributed by atoms with E-state index in [9.17, 15) is 4.79 Å². The summed E-state index contributed by atoms with van der Waals surface area (Å²) in [6, 6.07) is 12.2. The van der Waals surface area contributed by atoms with Crippen molar-refractivity contribution in [2.24, 2.45) is 5.92 Å². The van der Waals surface area contributed by atoms with E-state index in [1.807, 2.05) is 35.1 Å². The Morgan fingerprint density at radius 3 is 2.55 bits per heavy atom. The first-order valence-corrected chi connectivity index (χ1v) is 11.9. The summed E-state index contributed by atoms with van der Waals surface area (Å²) in [5, 5.41) is 0.775. The summed E-state index contributed by atoms with van der Waals surface area (Å²) in [4.78, 5) is 23.1. The first kappa shape index (κ1) is 21.8. The maximum Gasteiger partial charge on any atom is 0.268 e. The van der Waals surface area contributed by atoms with Gasteiger partial charge in [0.05, 0.1) is 32.5 Å². The average molecular weight is 431 g/mol. The molecule has 0 radical (unpaired) electrons. The molecule has 2 unspecified atom stereocenters. The van der Waals surface area contributed by atoms with Crippen LogP contribution < -0.4 is 5.56 Å². The van der Waals surface area contributed by atoms with Crippen LogP contribution >= 0.6 is 11.5 Å². The first-order valence-electron chi connectivity index (χ1n) is 11.2. The summed E-state index contributed by atoms with van der Waals surface area (Å²) in [5.74, 6) is 0.446. The van der Waals surface area contributed by atoms with Crippen LogP contribution in [0, 0.1) is 19.8 Å². The summed E-state index contributed by atoms with van der Waals surface area (Å²) in [5.41, 5.74) is 5.78. The van der Waals surface area contributed by atoms with Gasteiger partial charge in [0.15, 0.2) is 0 Å². The van der Waals surface area contributed by atoms with E-state index in [0.29, 0.717) is 12.6 Å². The summed E-state index contributed by atoms with van der Waals surface area (Å²) >= 11 is 1.57. The molecule has 0 saturated heterocycles. The van der Waals surface area contributed by atoms with Gasteiger partial charge in [-0.25, -0.2) is 9.97 Å². The normalized spacial score (nSPS) is 13.6. The summed E-state index contributed by atoms with van der Waals surface area (Å²) < 4.78 is 2.97. The lowest BCUT2D eigenvalue weighted by molar-refractivity contribution is 0.384. The molecule has 4 nitrogen and oxygen atoms in total. The van der Waals surface area contributed by atoms with Crippen molar-refractivity contribution in [3.8, 4) is 11.3 Å². The highest BCUT2D eigenvalue weighted by Gasteiger charge is 2.22. The van der Waals surface area contributed by atoms with E-state index in [1.54, 1.807) is 11.5 Å². The van der Waals surface area contributed by atoms with Crippen molar-refractivity contribution in [3.05, 3.63) is 58.0 Å². The van der Waals surface area contributed by atoms with Gasteiger partial charge in [-0.1, -0.05) is 69.1 Å². The monoisotopic (exact) mass is 431 g/mol. The van der Waals surface area contributed by atoms with E-state index in [2.05, 4.69) is 46.6 Å². The Balaban J connectivity index is 1.84. The Hall–Kier alpha value is -2.47. The number of fused-ring (bicyclic) bond motifs is 2. The molecule has 0 amide bonds. The van der Waals surface area contributed by atoms with Crippen molar-refractivity contribution >= 4 is 39.4 Å². The highest BCUT2D eigenvalue weighted by atomic mass is 32.1. The second-order valence-electron chi connectivity index (χ2n) is 9.19. The van der Waals surface area contributed by atoms with Crippen molar-refractivity contribution < 1.29 is 0 Å². The van der Waals surface area contributed by atoms with Gasteiger partial charge in [-0.05, 0) is 44.4 Å². The molecule has 0 saturated carbocycles. The molecule has 0 aliphatic heterocycles. The molecule has 0 aliphatic carbocycles. The van der Waals surface area contributed by atoms with Crippen LogP contribution in [0.5, 0.6) is 0 Å². The van der Waals surface area contributed by atoms with E-state index in [-0.39, 0.29) is 11.6 Å².